The second-order valence-electron chi connectivity index (χ2n) is 7.54. The lowest BCUT2D eigenvalue weighted by atomic mass is 9.94. The molecular formula is C19H28N2O5S. The number of amides is 1. The minimum atomic E-state index is -3.65. The highest BCUT2D eigenvalue weighted by molar-refractivity contribution is 7.89. The van der Waals surface area contributed by atoms with Crippen LogP contribution in [-0.2, 0) is 24.3 Å². The molecule has 1 saturated heterocycles. The van der Waals surface area contributed by atoms with E-state index < -0.39 is 15.8 Å². The van der Waals surface area contributed by atoms with Gasteiger partial charge in [-0.25, -0.2) is 13.1 Å². The number of sulfonamides is 1. The van der Waals surface area contributed by atoms with Crippen molar-refractivity contribution in [1.82, 2.24) is 4.72 Å². The summed E-state index contributed by atoms with van der Waals surface area (Å²) in [7, 11) is -3.65. The fourth-order valence-corrected chi connectivity index (χ4v) is 4.43. The van der Waals surface area contributed by atoms with Crippen molar-refractivity contribution >= 4 is 21.6 Å². The molecule has 0 aromatic heterocycles. The summed E-state index contributed by atoms with van der Waals surface area (Å²) >= 11 is 0. The minimum absolute atomic E-state index is 0.112. The molecule has 1 spiro atoms. The number of hydrogen-bond acceptors (Lipinski definition) is 5. The summed E-state index contributed by atoms with van der Waals surface area (Å²) in [5.41, 5.74) is 0.569. The molecule has 27 heavy (non-hydrogen) atoms. The number of benzene rings is 1. The molecule has 2 aliphatic rings. The lowest BCUT2D eigenvalue weighted by Gasteiger charge is -2.31. The van der Waals surface area contributed by atoms with Gasteiger partial charge in [-0.3, -0.25) is 4.79 Å². The highest BCUT2D eigenvalue weighted by Gasteiger charge is 2.42. The predicted molar refractivity (Wildman–Crippen MR) is 102 cm³/mol. The van der Waals surface area contributed by atoms with E-state index in [1.54, 1.807) is 26.0 Å². The normalized spacial score (nSPS) is 22.3. The van der Waals surface area contributed by atoms with Gasteiger partial charge in [-0.2, -0.15) is 0 Å². The first-order valence-electron chi connectivity index (χ1n) is 9.52. The summed E-state index contributed by atoms with van der Waals surface area (Å²) in [4.78, 5) is 11.9. The van der Waals surface area contributed by atoms with Crippen LogP contribution in [0.15, 0.2) is 29.2 Å². The Kier molecular flexibility index (Phi) is 6.20. The van der Waals surface area contributed by atoms with Gasteiger partial charge in [0.25, 0.3) is 0 Å². The van der Waals surface area contributed by atoms with Crippen molar-refractivity contribution in [3.63, 3.8) is 0 Å². The standard InChI is InChI=1S/C19H28N2O5S/c1-14(2)18(22)21-15-6-8-17(9-7-15)27(23,24)20-12-16-13-25-19(26-16)10-4-3-5-11-19/h6-9,14,16,20H,3-5,10-13H2,1-2H3,(H,21,22)/t16-/m0/s1. The molecule has 0 radical (unpaired) electrons. The van der Waals surface area contributed by atoms with Gasteiger partial charge in [0.15, 0.2) is 5.79 Å². The highest BCUT2D eigenvalue weighted by atomic mass is 32.2. The van der Waals surface area contributed by atoms with Gasteiger partial charge < -0.3 is 14.8 Å². The first-order chi connectivity index (χ1) is 12.8. The van der Waals surface area contributed by atoms with E-state index in [9.17, 15) is 13.2 Å². The number of anilines is 1. The van der Waals surface area contributed by atoms with Crippen LogP contribution in [0.1, 0.15) is 46.0 Å². The summed E-state index contributed by atoms with van der Waals surface area (Å²) in [5, 5.41) is 2.74. The Hall–Kier alpha value is -1.48. The second-order valence-corrected chi connectivity index (χ2v) is 9.31. The van der Waals surface area contributed by atoms with Gasteiger partial charge in [-0.1, -0.05) is 20.3 Å². The largest absolute Gasteiger partial charge is 0.347 e. The zero-order chi connectivity index (χ0) is 19.5. The minimum Gasteiger partial charge on any atom is -0.347 e. The van der Waals surface area contributed by atoms with Crippen LogP contribution in [0.2, 0.25) is 0 Å². The monoisotopic (exact) mass is 396 g/mol. The molecule has 3 rings (SSSR count). The molecule has 150 valence electrons. The molecular weight excluding hydrogens is 368 g/mol. The zero-order valence-corrected chi connectivity index (χ0v) is 16.7. The van der Waals surface area contributed by atoms with Gasteiger partial charge in [0.1, 0.15) is 0 Å². The van der Waals surface area contributed by atoms with Gasteiger partial charge in [0.05, 0.1) is 17.6 Å². The van der Waals surface area contributed by atoms with Crippen molar-refractivity contribution < 1.29 is 22.7 Å². The highest BCUT2D eigenvalue weighted by Crippen LogP contribution is 2.37. The average molecular weight is 397 g/mol. The number of hydrogen-bond donors (Lipinski definition) is 2. The molecule has 8 heteroatoms. The molecule has 2 fully saturated rings. The summed E-state index contributed by atoms with van der Waals surface area (Å²) < 4.78 is 39.5. The molecule has 1 amide bonds. The van der Waals surface area contributed by atoms with E-state index in [0.717, 1.165) is 25.7 Å². The van der Waals surface area contributed by atoms with E-state index >= 15 is 0 Å². The summed E-state index contributed by atoms with van der Waals surface area (Å²) in [6.07, 6.45) is 4.83. The number of rotatable bonds is 6. The number of carbonyl (C=O) groups is 1. The van der Waals surface area contributed by atoms with Crippen molar-refractivity contribution in [2.24, 2.45) is 5.92 Å². The second kappa shape index (κ2) is 8.26. The van der Waals surface area contributed by atoms with E-state index in [2.05, 4.69) is 10.0 Å². The zero-order valence-electron chi connectivity index (χ0n) is 15.9. The Bertz CT molecular complexity index is 755. The lowest BCUT2D eigenvalue weighted by Crippen LogP contribution is -2.37. The van der Waals surface area contributed by atoms with Crippen molar-refractivity contribution in [3.8, 4) is 0 Å². The van der Waals surface area contributed by atoms with E-state index in [4.69, 9.17) is 9.47 Å². The predicted octanol–water partition coefficient (Wildman–Crippen LogP) is 2.64. The SMILES string of the molecule is CC(C)C(=O)Nc1ccc(S(=O)(=O)NC[C@H]2COC3(CCCCC3)O2)cc1. The number of carbonyl (C=O) groups excluding carboxylic acids is 1. The van der Waals surface area contributed by atoms with Crippen LogP contribution in [0.25, 0.3) is 0 Å². The van der Waals surface area contributed by atoms with Crippen LogP contribution >= 0.6 is 0 Å². The van der Waals surface area contributed by atoms with Gasteiger partial charge in [0, 0.05) is 31.0 Å². The quantitative estimate of drug-likeness (QED) is 0.771. The third-order valence-corrected chi connectivity index (χ3v) is 6.43. The Morgan fingerprint density at radius 2 is 1.85 bits per heavy atom. The molecule has 1 aromatic rings. The maximum Gasteiger partial charge on any atom is 0.240 e. The molecule has 1 saturated carbocycles. The van der Waals surface area contributed by atoms with Crippen molar-refractivity contribution in [2.45, 2.75) is 62.7 Å². The van der Waals surface area contributed by atoms with Crippen molar-refractivity contribution in [2.75, 3.05) is 18.5 Å². The van der Waals surface area contributed by atoms with Crippen molar-refractivity contribution in [1.29, 1.82) is 0 Å². The lowest BCUT2D eigenvalue weighted by molar-refractivity contribution is -0.186. The topological polar surface area (TPSA) is 93.7 Å². The van der Waals surface area contributed by atoms with E-state index in [-0.39, 0.29) is 29.4 Å². The van der Waals surface area contributed by atoms with Gasteiger partial charge >= 0.3 is 0 Å². The van der Waals surface area contributed by atoms with E-state index in [0.29, 0.717) is 12.3 Å². The molecule has 1 heterocycles. The maximum atomic E-state index is 12.5. The summed E-state index contributed by atoms with van der Waals surface area (Å²) in [5.74, 6) is -0.764. The van der Waals surface area contributed by atoms with E-state index in [1.807, 2.05) is 0 Å². The molecule has 0 unspecified atom stereocenters. The summed E-state index contributed by atoms with van der Waals surface area (Å²) in [6.45, 7) is 4.17. The molecule has 1 aliphatic heterocycles. The Balaban J connectivity index is 1.55. The smallest absolute Gasteiger partial charge is 0.240 e. The van der Waals surface area contributed by atoms with Crippen LogP contribution < -0.4 is 10.0 Å². The van der Waals surface area contributed by atoms with Crippen LogP contribution in [-0.4, -0.2) is 39.4 Å². The first kappa shape index (κ1) is 20.3. The number of nitrogens with one attached hydrogen (secondary N) is 2. The Labute approximate surface area is 160 Å². The molecule has 1 aromatic carbocycles. The third-order valence-electron chi connectivity index (χ3n) is 4.99. The number of ether oxygens (including phenoxy) is 2. The van der Waals surface area contributed by atoms with Gasteiger partial charge in [0.2, 0.25) is 15.9 Å². The van der Waals surface area contributed by atoms with Crippen molar-refractivity contribution in [3.05, 3.63) is 24.3 Å². The Morgan fingerprint density at radius 3 is 2.48 bits per heavy atom. The average Bonchev–Trinajstić information content (AvgIpc) is 3.03. The molecule has 1 aliphatic carbocycles. The first-order valence-corrected chi connectivity index (χ1v) is 11.0. The van der Waals surface area contributed by atoms with Crippen LogP contribution in [0.5, 0.6) is 0 Å². The fourth-order valence-electron chi connectivity index (χ4n) is 3.36. The van der Waals surface area contributed by atoms with Gasteiger partial charge in [-0.05, 0) is 37.1 Å². The molecule has 2 N–H and O–H groups in total. The maximum absolute atomic E-state index is 12.5. The van der Waals surface area contributed by atoms with Crippen LogP contribution in [0.3, 0.4) is 0 Å². The van der Waals surface area contributed by atoms with Gasteiger partial charge in [-0.15, -0.1) is 0 Å². The van der Waals surface area contributed by atoms with Crippen LogP contribution in [0.4, 0.5) is 5.69 Å². The molecule has 7 nitrogen and oxygen atoms in total. The van der Waals surface area contributed by atoms with E-state index in [1.165, 1.54) is 18.6 Å². The third kappa shape index (κ3) is 5.07. The summed E-state index contributed by atoms with van der Waals surface area (Å²) in [6, 6.07) is 6.13. The van der Waals surface area contributed by atoms with Crippen LogP contribution in [0, 0.1) is 5.92 Å². The molecule has 0 bridgehead atoms. The molecule has 1 atom stereocenters. The fraction of sp³-hybridized carbons (Fsp3) is 0.632. The Morgan fingerprint density at radius 1 is 1.19 bits per heavy atom.